The summed E-state index contributed by atoms with van der Waals surface area (Å²) in [5, 5.41) is 8.04. The number of nitrogens with zero attached hydrogens (tertiary/aromatic N) is 2. The number of ether oxygens (including phenoxy) is 1. The molecule has 136 valence electrons. The molecule has 5 nitrogen and oxygen atoms in total. The van der Waals surface area contributed by atoms with Crippen LogP contribution in [0.5, 0.6) is 5.75 Å². The summed E-state index contributed by atoms with van der Waals surface area (Å²) < 4.78 is 44.5. The van der Waals surface area contributed by atoms with Crippen molar-refractivity contribution < 1.29 is 22.7 Å². The Kier molecular flexibility index (Phi) is 4.73. The van der Waals surface area contributed by atoms with Gasteiger partial charge in [-0.2, -0.15) is 18.3 Å². The zero-order chi connectivity index (χ0) is 18.9. The molecule has 0 bridgehead atoms. The number of anilines is 1. The second-order valence-electron chi connectivity index (χ2n) is 5.56. The Hall–Kier alpha value is -2.81. The van der Waals surface area contributed by atoms with Crippen molar-refractivity contribution in [1.82, 2.24) is 9.78 Å². The summed E-state index contributed by atoms with van der Waals surface area (Å²) in [6, 6.07) is 9.48. The molecule has 0 spiro atoms. The lowest BCUT2D eigenvalue weighted by Gasteiger charge is -2.09. The van der Waals surface area contributed by atoms with Crippen LogP contribution in [0.4, 0.5) is 23.0 Å². The molecular weight excluding hydrogens is 367 g/mol. The van der Waals surface area contributed by atoms with Gasteiger partial charge in [0.15, 0.2) is 5.75 Å². The van der Waals surface area contributed by atoms with E-state index in [1.54, 1.807) is 5.38 Å². The summed E-state index contributed by atoms with van der Waals surface area (Å²) in [6.45, 7) is 1.96. The lowest BCUT2D eigenvalue weighted by molar-refractivity contribution is -0.142. The molecule has 2 heterocycles. The zero-order valence-electron chi connectivity index (χ0n) is 13.8. The zero-order valence-corrected chi connectivity index (χ0v) is 14.6. The molecule has 3 rings (SSSR count). The van der Waals surface area contributed by atoms with Gasteiger partial charge in [0.05, 0.1) is 6.20 Å². The van der Waals surface area contributed by atoms with E-state index >= 15 is 0 Å². The lowest BCUT2D eigenvalue weighted by Crippen LogP contribution is -2.18. The van der Waals surface area contributed by atoms with Crippen molar-refractivity contribution in [2.45, 2.75) is 13.1 Å². The van der Waals surface area contributed by atoms with Crippen LogP contribution >= 0.6 is 11.3 Å². The maximum absolute atomic E-state index is 12.9. The van der Waals surface area contributed by atoms with E-state index in [4.69, 9.17) is 4.74 Å². The molecule has 0 fully saturated rings. The van der Waals surface area contributed by atoms with Gasteiger partial charge in [0.2, 0.25) is 5.69 Å². The van der Waals surface area contributed by atoms with E-state index in [9.17, 15) is 18.0 Å². The summed E-state index contributed by atoms with van der Waals surface area (Å²) in [6.07, 6.45) is -4.73. The molecule has 2 aromatic heterocycles. The number of amides is 1. The second-order valence-corrected chi connectivity index (χ2v) is 6.47. The third-order valence-corrected chi connectivity index (χ3v) is 4.34. The number of benzene rings is 1. The lowest BCUT2D eigenvalue weighted by atomic mass is 10.1. The molecule has 1 amide bonds. The third-order valence-electron chi connectivity index (χ3n) is 3.51. The minimum Gasteiger partial charge on any atom is -0.406 e. The van der Waals surface area contributed by atoms with Crippen molar-refractivity contribution in [1.29, 1.82) is 0 Å². The summed E-state index contributed by atoms with van der Waals surface area (Å²) >= 11 is 1.25. The smallest absolute Gasteiger partial charge is 0.406 e. The molecule has 0 radical (unpaired) electrons. The highest BCUT2D eigenvalue weighted by Crippen LogP contribution is 2.36. The monoisotopic (exact) mass is 381 g/mol. The Morgan fingerprint density at radius 2 is 1.92 bits per heavy atom. The van der Waals surface area contributed by atoms with E-state index < -0.39 is 23.7 Å². The van der Waals surface area contributed by atoms with E-state index in [-0.39, 0.29) is 0 Å². The van der Waals surface area contributed by atoms with Gasteiger partial charge < -0.3 is 4.74 Å². The SMILES string of the molecule is Cc1ccc(-c2ccsc2NC(=O)Oc2cn(C)nc2C(F)(F)F)cc1. The van der Waals surface area contributed by atoms with Crippen LogP contribution in [0.1, 0.15) is 11.3 Å². The molecule has 0 atom stereocenters. The van der Waals surface area contributed by atoms with Crippen LogP contribution in [-0.2, 0) is 13.2 Å². The fourth-order valence-electron chi connectivity index (χ4n) is 2.32. The molecule has 26 heavy (non-hydrogen) atoms. The molecule has 9 heteroatoms. The van der Waals surface area contributed by atoms with Crippen LogP contribution in [0.2, 0.25) is 0 Å². The average molecular weight is 381 g/mol. The van der Waals surface area contributed by atoms with Gasteiger partial charge >= 0.3 is 12.3 Å². The first kappa shape index (κ1) is 18.0. The Labute approximate surface area is 151 Å². The summed E-state index contributed by atoms with van der Waals surface area (Å²) in [4.78, 5) is 12.1. The van der Waals surface area contributed by atoms with Gasteiger partial charge in [-0.1, -0.05) is 29.8 Å². The second kappa shape index (κ2) is 6.83. The predicted molar refractivity (Wildman–Crippen MR) is 92.3 cm³/mol. The fraction of sp³-hybridized carbons (Fsp3) is 0.176. The Balaban J connectivity index is 1.78. The molecule has 0 aliphatic heterocycles. The number of aromatic nitrogens is 2. The number of aryl methyl sites for hydroxylation is 2. The number of nitrogens with one attached hydrogen (secondary N) is 1. The van der Waals surface area contributed by atoms with Crippen molar-refractivity contribution in [3.05, 3.63) is 53.2 Å². The Morgan fingerprint density at radius 3 is 2.58 bits per heavy atom. The number of carbonyl (C=O) groups excluding carboxylic acids is 1. The number of halogens is 3. The molecule has 0 aliphatic rings. The standard InChI is InChI=1S/C17H14F3N3O2S/c1-10-3-5-11(6-4-10)12-7-8-26-15(12)21-16(24)25-13-9-23(2)22-14(13)17(18,19)20/h3-9H,1-2H3,(H,21,24). The fourth-order valence-corrected chi connectivity index (χ4v) is 3.12. The van der Waals surface area contributed by atoms with Crippen molar-refractivity contribution in [2.75, 3.05) is 5.32 Å². The van der Waals surface area contributed by atoms with E-state index in [0.29, 0.717) is 5.00 Å². The van der Waals surface area contributed by atoms with E-state index in [1.807, 2.05) is 37.3 Å². The number of carbonyl (C=O) groups is 1. The molecule has 1 aromatic carbocycles. The highest BCUT2D eigenvalue weighted by atomic mass is 32.1. The van der Waals surface area contributed by atoms with Crippen molar-refractivity contribution in [3.8, 4) is 16.9 Å². The number of thiophene rings is 1. The maximum atomic E-state index is 12.9. The molecule has 0 unspecified atom stereocenters. The van der Waals surface area contributed by atoms with Crippen molar-refractivity contribution in [2.24, 2.45) is 7.05 Å². The van der Waals surface area contributed by atoms with Crippen molar-refractivity contribution in [3.63, 3.8) is 0 Å². The van der Waals surface area contributed by atoms with Crippen LogP contribution in [-0.4, -0.2) is 15.9 Å². The predicted octanol–water partition coefficient (Wildman–Crippen LogP) is 5.09. The normalized spacial score (nSPS) is 11.4. The van der Waals surface area contributed by atoms with Crippen LogP contribution < -0.4 is 10.1 Å². The van der Waals surface area contributed by atoms with E-state index in [1.165, 1.54) is 18.4 Å². The minimum absolute atomic E-state index is 0.483. The number of hydrogen-bond acceptors (Lipinski definition) is 4. The largest absolute Gasteiger partial charge is 0.438 e. The van der Waals surface area contributed by atoms with Crippen LogP contribution in [0, 0.1) is 6.92 Å². The number of rotatable bonds is 3. The first-order valence-corrected chi connectivity index (χ1v) is 8.36. The van der Waals surface area contributed by atoms with E-state index in [2.05, 4.69) is 10.4 Å². The molecular formula is C17H14F3N3O2S. The highest BCUT2D eigenvalue weighted by molar-refractivity contribution is 7.15. The summed E-state index contributed by atoms with van der Waals surface area (Å²) in [7, 11) is 1.31. The van der Waals surface area contributed by atoms with Gasteiger partial charge in [-0.05, 0) is 23.9 Å². The highest BCUT2D eigenvalue weighted by Gasteiger charge is 2.38. The first-order valence-electron chi connectivity index (χ1n) is 7.48. The van der Waals surface area contributed by atoms with Crippen molar-refractivity contribution >= 4 is 22.4 Å². The molecule has 3 aromatic rings. The third kappa shape index (κ3) is 3.88. The molecule has 0 saturated carbocycles. The van der Waals surface area contributed by atoms with Gasteiger partial charge in [0.1, 0.15) is 5.00 Å². The number of hydrogen-bond donors (Lipinski definition) is 1. The quantitative estimate of drug-likeness (QED) is 0.688. The van der Waals surface area contributed by atoms with Gasteiger partial charge in [0, 0.05) is 12.6 Å². The van der Waals surface area contributed by atoms with Crippen LogP contribution in [0.25, 0.3) is 11.1 Å². The first-order chi connectivity index (χ1) is 12.2. The van der Waals surface area contributed by atoms with Gasteiger partial charge in [-0.3, -0.25) is 10.00 Å². The molecule has 1 N–H and O–H groups in total. The average Bonchev–Trinajstić information content (AvgIpc) is 3.14. The number of alkyl halides is 3. The van der Waals surface area contributed by atoms with Crippen LogP contribution in [0.3, 0.4) is 0 Å². The molecule has 0 aliphatic carbocycles. The Morgan fingerprint density at radius 1 is 1.23 bits per heavy atom. The Bertz CT molecular complexity index is 930. The van der Waals surface area contributed by atoms with Crippen LogP contribution in [0.15, 0.2) is 41.9 Å². The minimum atomic E-state index is -4.72. The van der Waals surface area contributed by atoms with E-state index in [0.717, 1.165) is 27.6 Å². The summed E-state index contributed by atoms with van der Waals surface area (Å²) in [5.41, 5.74) is 1.48. The summed E-state index contributed by atoms with van der Waals surface area (Å²) in [5.74, 6) is -0.647. The maximum Gasteiger partial charge on any atom is 0.438 e. The molecule has 0 saturated heterocycles. The van der Waals surface area contributed by atoms with Gasteiger partial charge in [-0.25, -0.2) is 4.79 Å². The van der Waals surface area contributed by atoms with Gasteiger partial charge in [-0.15, -0.1) is 11.3 Å². The van der Waals surface area contributed by atoms with Gasteiger partial charge in [0.25, 0.3) is 0 Å². The topological polar surface area (TPSA) is 56.1 Å².